The molecule has 1 aliphatic rings. The SMILES string of the molecule is CCOc1ccc(NC(=O)CC2C(=O)N(c3ccccc3)C(=S)N2Cc2c(=O)o[nH][n+]2C)cc1. The number of amides is 2. The Morgan fingerprint density at radius 1 is 1.18 bits per heavy atom. The first-order valence-electron chi connectivity index (χ1n) is 10.7. The molecule has 1 aromatic heterocycles. The molecule has 0 radical (unpaired) electrons. The molecule has 0 aliphatic carbocycles. The van der Waals surface area contributed by atoms with Crippen molar-refractivity contribution in [3.63, 3.8) is 0 Å². The lowest BCUT2D eigenvalue weighted by Gasteiger charge is -2.21. The van der Waals surface area contributed by atoms with Gasteiger partial charge in [0, 0.05) is 5.69 Å². The fraction of sp³-hybridized carbons (Fsp3) is 0.261. The Morgan fingerprint density at radius 2 is 1.88 bits per heavy atom. The minimum Gasteiger partial charge on any atom is -0.494 e. The first-order chi connectivity index (χ1) is 16.4. The van der Waals surface area contributed by atoms with E-state index in [0.717, 1.165) is 0 Å². The van der Waals surface area contributed by atoms with E-state index in [1.807, 2.05) is 13.0 Å². The number of nitrogens with one attached hydrogen (secondary N) is 2. The maximum absolute atomic E-state index is 13.4. The number of nitrogens with zero attached hydrogens (tertiary/aromatic N) is 3. The van der Waals surface area contributed by atoms with Gasteiger partial charge in [0.1, 0.15) is 18.3 Å². The standard InChI is InChI=1S/C23H23N5O5S/c1-3-32-17-11-9-15(10-12-17)24-20(29)13-18-21(30)28(16-7-5-4-6-8-16)23(34)27(18)14-19-22(31)33-25-26(19)2/h4-12,18H,3,13-14H2,1-2H3,(H-,24,25,29,31)/p+1. The molecule has 1 unspecified atom stereocenters. The van der Waals surface area contributed by atoms with E-state index < -0.39 is 11.7 Å². The van der Waals surface area contributed by atoms with Crippen molar-refractivity contribution in [1.29, 1.82) is 0 Å². The fourth-order valence-electron chi connectivity index (χ4n) is 3.71. The molecule has 2 heterocycles. The smallest absolute Gasteiger partial charge is 0.431 e. The van der Waals surface area contributed by atoms with Crippen molar-refractivity contribution < 1.29 is 23.5 Å². The lowest BCUT2D eigenvalue weighted by molar-refractivity contribution is -0.746. The van der Waals surface area contributed by atoms with Crippen molar-refractivity contribution in [3.05, 3.63) is 70.7 Å². The van der Waals surface area contributed by atoms with Crippen LogP contribution in [0.15, 0.2) is 63.9 Å². The van der Waals surface area contributed by atoms with Gasteiger partial charge in [-0.05, 0) is 60.8 Å². The summed E-state index contributed by atoms with van der Waals surface area (Å²) in [6.07, 6.45) is -0.158. The van der Waals surface area contributed by atoms with Crippen molar-refractivity contribution in [2.45, 2.75) is 25.9 Å². The van der Waals surface area contributed by atoms with Crippen molar-refractivity contribution in [1.82, 2.24) is 10.2 Å². The van der Waals surface area contributed by atoms with Crippen LogP contribution in [0.4, 0.5) is 11.4 Å². The first-order valence-corrected chi connectivity index (χ1v) is 11.1. The van der Waals surface area contributed by atoms with Crippen LogP contribution < -0.4 is 25.3 Å². The van der Waals surface area contributed by atoms with E-state index >= 15 is 0 Å². The van der Waals surface area contributed by atoms with Gasteiger partial charge in [-0.3, -0.25) is 19.0 Å². The minimum absolute atomic E-state index is 0.00274. The van der Waals surface area contributed by atoms with Gasteiger partial charge in [0.05, 0.1) is 18.7 Å². The van der Waals surface area contributed by atoms with Crippen LogP contribution in [0.1, 0.15) is 19.0 Å². The summed E-state index contributed by atoms with van der Waals surface area (Å²) in [7, 11) is 1.61. The van der Waals surface area contributed by atoms with Crippen LogP contribution in [-0.2, 0) is 23.2 Å². The number of para-hydroxylation sites is 1. The van der Waals surface area contributed by atoms with Crippen molar-refractivity contribution in [2.75, 3.05) is 16.8 Å². The maximum Gasteiger partial charge on any atom is 0.431 e. The number of ether oxygens (including phenoxy) is 1. The van der Waals surface area contributed by atoms with Crippen LogP contribution in [0.5, 0.6) is 5.75 Å². The maximum atomic E-state index is 13.4. The molecule has 1 saturated heterocycles. The molecule has 2 aromatic carbocycles. The summed E-state index contributed by atoms with van der Waals surface area (Å²) in [6, 6.07) is 15.0. The Labute approximate surface area is 200 Å². The molecule has 10 nitrogen and oxygen atoms in total. The van der Waals surface area contributed by atoms with E-state index in [-0.39, 0.29) is 35.6 Å². The monoisotopic (exact) mass is 482 g/mol. The van der Waals surface area contributed by atoms with Crippen LogP contribution in [0.2, 0.25) is 0 Å². The number of H-pyrrole nitrogens is 1. The molecule has 0 bridgehead atoms. The number of aryl methyl sites for hydroxylation is 1. The number of hydrogen-bond donors (Lipinski definition) is 2. The molecule has 0 saturated carbocycles. The van der Waals surface area contributed by atoms with Gasteiger partial charge in [-0.25, -0.2) is 4.79 Å². The average Bonchev–Trinajstić information content (AvgIpc) is 3.26. The summed E-state index contributed by atoms with van der Waals surface area (Å²) in [5.74, 6) is -0.0176. The Bertz CT molecular complexity index is 1250. The Kier molecular flexibility index (Phi) is 6.73. The van der Waals surface area contributed by atoms with E-state index in [9.17, 15) is 14.4 Å². The highest BCUT2D eigenvalue weighted by molar-refractivity contribution is 7.80. The predicted octanol–water partition coefficient (Wildman–Crippen LogP) is 1.72. The Hall–Kier alpha value is -3.99. The number of carbonyl (C=O) groups is 2. The molecule has 3 aromatic rings. The van der Waals surface area contributed by atoms with Crippen LogP contribution in [-0.4, -0.2) is 39.7 Å². The van der Waals surface area contributed by atoms with E-state index in [2.05, 4.69) is 10.6 Å². The van der Waals surface area contributed by atoms with Gasteiger partial charge in [-0.1, -0.05) is 22.9 Å². The molecule has 176 valence electrons. The molecule has 1 aliphatic heterocycles. The van der Waals surface area contributed by atoms with Crippen molar-refractivity contribution in [2.24, 2.45) is 7.05 Å². The molecule has 34 heavy (non-hydrogen) atoms. The highest BCUT2D eigenvalue weighted by atomic mass is 32.1. The Morgan fingerprint density at radius 3 is 2.50 bits per heavy atom. The van der Waals surface area contributed by atoms with Crippen LogP contribution in [0.3, 0.4) is 0 Å². The zero-order valence-corrected chi connectivity index (χ0v) is 19.5. The van der Waals surface area contributed by atoms with Gasteiger partial charge < -0.3 is 15.0 Å². The molecule has 2 N–H and O–H groups in total. The number of rotatable bonds is 8. The number of thiocarbonyl (C=S) groups is 1. The number of aromatic nitrogens is 2. The average molecular weight is 483 g/mol. The second kappa shape index (κ2) is 9.87. The zero-order valence-electron chi connectivity index (χ0n) is 18.7. The first kappa shape index (κ1) is 23.2. The van der Waals surface area contributed by atoms with Gasteiger partial charge in [0.25, 0.3) is 5.91 Å². The predicted molar refractivity (Wildman–Crippen MR) is 127 cm³/mol. The van der Waals surface area contributed by atoms with Crippen molar-refractivity contribution in [3.8, 4) is 5.75 Å². The van der Waals surface area contributed by atoms with Gasteiger partial charge >= 0.3 is 11.3 Å². The highest BCUT2D eigenvalue weighted by Crippen LogP contribution is 2.28. The third-order valence-electron chi connectivity index (χ3n) is 5.40. The van der Waals surface area contributed by atoms with E-state index in [4.69, 9.17) is 21.5 Å². The second-order valence-electron chi connectivity index (χ2n) is 7.63. The molecule has 11 heteroatoms. The van der Waals surface area contributed by atoms with E-state index in [0.29, 0.717) is 23.7 Å². The van der Waals surface area contributed by atoms with Crippen LogP contribution in [0, 0.1) is 0 Å². The van der Waals surface area contributed by atoms with Crippen LogP contribution in [0.25, 0.3) is 0 Å². The van der Waals surface area contributed by atoms with Gasteiger partial charge in [0.2, 0.25) is 5.91 Å². The molecular weight excluding hydrogens is 458 g/mol. The number of benzene rings is 2. The number of carbonyl (C=O) groups excluding carboxylic acids is 2. The third-order valence-corrected chi connectivity index (χ3v) is 5.81. The lowest BCUT2D eigenvalue weighted by atomic mass is 10.1. The number of hydrogen-bond acceptors (Lipinski definition) is 6. The summed E-state index contributed by atoms with van der Waals surface area (Å²) in [6.45, 7) is 2.43. The lowest BCUT2D eigenvalue weighted by Crippen LogP contribution is -2.44. The van der Waals surface area contributed by atoms with Gasteiger partial charge in [-0.15, -0.1) is 0 Å². The summed E-state index contributed by atoms with van der Waals surface area (Å²) >= 11 is 5.61. The number of aromatic amines is 1. The molecule has 4 rings (SSSR count). The zero-order chi connectivity index (χ0) is 24.2. The third kappa shape index (κ3) is 4.69. The minimum atomic E-state index is -0.898. The summed E-state index contributed by atoms with van der Waals surface area (Å²) in [5, 5.41) is 5.46. The van der Waals surface area contributed by atoms with Gasteiger partial charge in [-0.2, -0.15) is 0 Å². The fourth-order valence-corrected chi connectivity index (χ4v) is 4.10. The topological polar surface area (TPSA) is 112 Å². The van der Waals surface area contributed by atoms with Gasteiger partial charge in [0.15, 0.2) is 12.2 Å². The molecule has 0 spiro atoms. The van der Waals surface area contributed by atoms with E-state index in [1.165, 1.54) is 9.58 Å². The molecule has 2 amide bonds. The quantitative estimate of drug-likeness (QED) is 0.371. The summed E-state index contributed by atoms with van der Waals surface area (Å²) in [4.78, 5) is 41.4. The van der Waals surface area contributed by atoms with E-state index in [1.54, 1.807) is 60.5 Å². The highest BCUT2D eigenvalue weighted by Gasteiger charge is 2.45. The summed E-state index contributed by atoms with van der Waals surface area (Å²) in [5.41, 5.74) is 0.850. The Balaban J connectivity index is 1.57. The molecule has 1 atom stereocenters. The number of anilines is 2. The summed E-state index contributed by atoms with van der Waals surface area (Å²) < 4.78 is 11.7. The van der Waals surface area contributed by atoms with Crippen molar-refractivity contribution >= 4 is 40.5 Å². The largest absolute Gasteiger partial charge is 0.494 e. The van der Waals surface area contributed by atoms with Crippen LogP contribution >= 0.6 is 12.2 Å². The molecular formula is C23H24N5O5S+. The molecule has 1 fully saturated rings. The second-order valence-corrected chi connectivity index (χ2v) is 8.00. The normalized spacial score (nSPS) is 15.6.